The number of hydrogen-bond acceptors (Lipinski definition) is 3. The lowest BCUT2D eigenvalue weighted by molar-refractivity contribution is -0.120. The molecular formula is C13H19N3O. The normalized spacial score (nSPS) is 16.5. The van der Waals surface area contributed by atoms with Crippen LogP contribution in [0.3, 0.4) is 0 Å². The largest absolute Gasteiger partial charge is 0.355 e. The first kappa shape index (κ1) is 12.0. The van der Waals surface area contributed by atoms with Gasteiger partial charge >= 0.3 is 0 Å². The van der Waals surface area contributed by atoms with Crippen LogP contribution in [0, 0.1) is 5.92 Å². The fourth-order valence-electron chi connectivity index (χ4n) is 1.66. The first-order valence-electron chi connectivity index (χ1n) is 6.15. The number of nitrogens with zero attached hydrogens (tertiary/aromatic N) is 1. The van der Waals surface area contributed by atoms with Crippen molar-refractivity contribution in [3.8, 4) is 0 Å². The smallest absolute Gasteiger partial charge is 0.233 e. The van der Waals surface area contributed by atoms with Gasteiger partial charge in [-0.1, -0.05) is 0 Å². The topological polar surface area (TPSA) is 54.0 Å². The lowest BCUT2D eigenvalue weighted by Gasteiger charge is -2.13. The highest BCUT2D eigenvalue weighted by atomic mass is 16.1. The average Bonchev–Trinajstić information content (AvgIpc) is 3.18. The monoisotopic (exact) mass is 233 g/mol. The summed E-state index contributed by atoms with van der Waals surface area (Å²) in [6.07, 6.45) is 6.06. The van der Waals surface area contributed by atoms with Crippen LogP contribution in [-0.2, 0) is 4.79 Å². The number of carbonyl (C=O) groups is 1. The van der Waals surface area contributed by atoms with E-state index in [0.29, 0.717) is 6.54 Å². The van der Waals surface area contributed by atoms with E-state index in [1.807, 2.05) is 19.1 Å². The van der Waals surface area contributed by atoms with E-state index in [-0.39, 0.29) is 11.9 Å². The molecule has 0 unspecified atom stereocenters. The number of pyridine rings is 1. The molecular weight excluding hydrogens is 214 g/mol. The molecule has 0 aromatic carbocycles. The van der Waals surface area contributed by atoms with Gasteiger partial charge in [-0.05, 0) is 43.4 Å². The number of hydrogen-bond donors (Lipinski definition) is 2. The molecule has 92 valence electrons. The highest BCUT2D eigenvalue weighted by molar-refractivity contribution is 5.78. The van der Waals surface area contributed by atoms with E-state index in [9.17, 15) is 4.79 Å². The Balaban J connectivity index is 1.68. The Bertz CT molecular complexity index is 362. The number of carbonyl (C=O) groups excluding carboxylic acids is 1. The second kappa shape index (κ2) is 5.77. The molecule has 0 bridgehead atoms. The van der Waals surface area contributed by atoms with Gasteiger partial charge in [0.05, 0.1) is 6.54 Å². The molecule has 1 aliphatic carbocycles. The van der Waals surface area contributed by atoms with Gasteiger partial charge in [0, 0.05) is 25.0 Å². The third-order valence-corrected chi connectivity index (χ3v) is 3.06. The maximum absolute atomic E-state index is 11.5. The summed E-state index contributed by atoms with van der Waals surface area (Å²) < 4.78 is 0. The van der Waals surface area contributed by atoms with Gasteiger partial charge in [0.1, 0.15) is 0 Å². The Kier molecular flexibility index (Phi) is 4.09. The van der Waals surface area contributed by atoms with Crippen LogP contribution in [-0.4, -0.2) is 24.0 Å². The van der Waals surface area contributed by atoms with Crippen LogP contribution in [0.25, 0.3) is 0 Å². The Morgan fingerprint density at radius 1 is 1.47 bits per heavy atom. The predicted molar refractivity (Wildman–Crippen MR) is 66.4 cm³/mol. The van der Waals surface area contributed by atoms with Gasteiger partial charge in [-0.15, -0.1) is 0 Å². The number of rotatable bonds is 6. The number of aromatic nitrogens is 1. The van der Waals surface area contributed by atoms with E-state index >= 15 is 0 Å². The molecule has 4 nitrogen and oxygen atoms in total. The van der Waals surface area contributed by atoms with Crippen LogP contribution in [0.4, 0.5) is 0 Å². The van der Waals surface area contributed by atoms with Crippen molar-refractivity contribution >= 4 is 5.91 Å². The maximum atomic E-state index is 11.5. The Morgan fingerprint density at radius 3 is 2.82 bits per heavy atom. The summed E-state index contributed by atoms with van der Waals surface area (Å²) in [4.78, 5) is 15.5. The fraction of sp³-hybridized carbons (Fsp3) is 0.538. The molecule has 2 N–H and O–H groups in total. The zero-order valence-electron chi connectivity index (χ0n) is 10.1. The second-order valence-electron chi connectivity index (χ2n) is 4.63. The van der Waals surface area contributed by atoms with Gasteiger partial charge in [-0.25, -0.2) is 0 Å². The Labute approximate surface area is 102 Å². The van der Waals surface area contributed by atoms with Crippen molar-refractivity contribution in [3.63, 3.8) is 0 Å². The van der Waals surface area contributed by atoms with Crippen molar-refractivity contribution in [2.75, 3.05) is 13.1 Å². The van der Waals surface area contributed by atoms with E-state index in [0.717, 1.165) is 18.0 Å². The van der Waals surface area contributed by atoms with Gasteiger partial charge < -0.3 is 10.6 Å². The van der Waals surface area contributed by atoms with Crippen molar-refractivity contribution in [2.45, 2.75) is 25.8 Å². The molecule has 1 aromatic rings. The quantitative estimate of drug-likeness (QED) is 0.777. The second-order valence-corrected chi connectivity index (χ2v) is 4.63. The van der Waals surface area contributed by atoms with Crippen LogP contribution in [0.5, 0.6) is 0 Å². The molecule has 17 heavy (non-hydrogen) atoms. The van der Waals surface area contributed by atoms with Crippen molar-refractivity contribution < 1.29 is 4.79 Å². The van der Waals surface area contributed by atoms with Crippen molar-refractivity contribution in [2.24, 2.45) is 5.92 Å². The number of nitrogens with one attached hydrogen (secondary N) is 2. The van der Waals surface area contributed by atoms with Crippen molar-refractivity contribution in [1.29, 1.82) is 0 Å². The lowest BCUT2D eigenvalue weighted by atomic mass is 10.1. The van der Waals surface area contributed by atoms with Gasteiger partial charge in [0.2, 0.25) is 5.91 Å². The minimum Gasteiger partial charge on any atom is -0.355 e. The van der Waals surface area contributed by atoms with Crippen LogP contribution < -0.4 is 10.6 Å². The third kappa shape index (κ3) is 4.15. The molecule has 1 atom stereocenters. The molecule has 0 saturated heterocycles. The first-order valence-corrected chi connectivity index (χ1v) is 6.15. The van der Waals surface area contributed by atoms with Gasteiger partial charge in [-0.3, -0.25) is 9.78 Å². The zero-order chi connectivity index (χ0) is 12.1. The van der Waals surface area contributed by atoms with E-state index in [4.69, 9.17) is 0 Å². The summed E-state index contributed by atoms with van der Waals surface area (Å²) in [7, 11) is 0. The molecule has 1 fully saturated rings. The molecule has 0 spiro atoms. The van der Waals surface area contributed by atoms with E-state index in [1.54, 1.807) is 12.4 Å². The molecule has 2 rings (SSSR count). The maximum Gasteiger partial charge on any atom is 0.233 e. The molecule has 1 saturated carbocycles. The summed E-state index contributed by atoms with van der Waals surface area (Å²) in [6, 6.07) is 4.09. The lowest BCUT2D eigenvalue weighted by Crippen LogP contribution is -2.36. The van der Waals surface area contributed by atoms with Crippen LogP contribution in [0.1, 0.15) is 31.4 Å². The van der Waals surface area contributed by atoms with Crippen molar-refractivity contribution in [3.05, 3.63) is 30.1 Å². The van der Waals surface area contributed by atoms with Crippen LogP contribution in [0.2, 0.25) is 0 Å². The summed E-state index contributed by atoms with van der Waals surface area (Å²) in [5, 5.41) is 6.14. The standard InChI is InChI=1S/C13H19N3O/c1-10(12-4-6-14-7-5-12)15-9-13(17)16-8-11-2-3-11/h4-7,10-11,15H,2-3,8-9H2,1H3,(H,16,17)/t10-/m0/s1. The van der Waals surface area contributed by atoms with E-state index < -0.39 is 0 Å². The Hall–Kier alpha value is -1.42. The highest BCUT2D eigenvalue weighted by Crippen LogP contribution is 2.27. The third-order valence-electron chi connectivity index (χ3n) is 3.06. The summed E-state index contributed by atoms with van der Waals surface area (Å²) in [5.41, 5.74) is 1.15. The molecule has 1 aliphatic rings. The molecule has 1 heterocycles. The SMILES string of the molecule is C[C@H](NCC(=O)NCC1CC1)c1ccncc1. The zero-order valence-corrected chi connectivity index (χ0v) is 10.1. The molecule has 1 amide bonds. The van der Waals surface area contributed by atoms with Crippen molar-refractivity contribution in [1.82, 2.24) is 15.6 Å². The summed E-state index contributed by atoms with van der Waals surface area (Å²) >= 11 is 0. The minimum atomic E-state index is 0.0813. The van der Waals surface area contributed by atoms with E-state index in [1.165, 1.54) is 12.8 Å². The Morgan fingerprint density at radius 2 is 2.18 bits per heavy atom. The van der Waals surface area contributed by atoms with Crippen LogP contribution >= 0.6 is 0 Å². The first-order chi connectivity index (χ1) is 8.25. The predicted octanol–water partition coefficient (Wildman–Crippen LogP) is 1.26. The summed E-state index contributed by atoms with van der Waals surface area (Å²) in [6.45, 7) is 3.25. The van der Waals surface area contributed by atoms with Gasteiger partial charge in [-0.2, -0.15) is 0 Å². The average molecular weight is 233 g/mol. The number of amides is 1. The fourth-order valence-corrected chi connectivity index (χ4v) is 1.66. The van der Waals surface area contributed by atoms with Crippen LogP contribution in [0.15, 0.2) is 24.5 Å². The molecule has 0 radical (unpaired) electrons. The molecule has 0 aliphatic heterocycles. The van der Waals surface area contributed by atoms with Gasteiger partial charge in [0.25, 0.3) is 0 Å². The van der Waals surface area contributed by atoms with E-state index in [2.05, 4.69) is 15.6 Å². The van der Waals surface area contributed by atoms with Gasteiger partial charge in [0.15, 0.2) is 0 Å². The minimum absolute atomic E-state index is 0.0813. The molecule has 1 aromatic heterocycles. The summed E-state index contributed by atoms with van der Waals surface area (Å²) in [5.74, 6) is 0.814. The highest BCUT2D eigenvalue weighted by Gasteiger charge is 2.21. The molecule has 4 heteroatoms.